The lowest BCUT2D eigenvalue weighted by Gasteiger charge is -2.13. The molecule has 3 nitrogen and oxygen atoms in total. The second-order valence-electron chi connectivity index (χ2n) is 5.43. The van der Waals surface area contributed by atoms with Crippen LogP contribution < -0.4 is 15.8 Å². The van der Waals surface area contributed by atoms with Gasteiger partial charge in [0.1, 0.15) is 5.75 Å². The van der Waals surface area contributed by atoms with Crippen molar-refractivity contribution in [2.75, 3.05) is 25.9 Å². The van der Waals surface area contributed by atoms with Crippen molar-refractivity contribution >= 4 is 5.69 Å². The lowest BCUT2D eigenvalue weighted by Crippen LogP contribution is -2.19. The Balaban J connectivity index is 1.65. The van der Waals surface area contributed by atoms with Gasteiger partial charge in [0, 0.05) is 0 Å². The van der Waals surface area contributed by atoms with Crippen LogP contribution in [-0.2, 0) is 6.42 Å². The van der Waals surface area contributed by atoms with Crippen molar-refractivity contribution in [3.63, 3.8) is 0 Å². The second kappa shape index (κ2) is 7.95. The highest BCUT2D eigenvalue weighted by molar-refractivity contribution is 5.54. The van der Waals surface area contributed by atoms with Gasteiger partial charge in [-0.3, -0.25) is 0 Å². The van der Waals surface area contributed by atoms with Crippen molar-refractivity contribution in [2.24, 2.45) is 0 Å². The number of hydrogen-bond donors (Lipinski definition) is 2. The molecule has 20 heavy (non-hydrogen) atoms. The first-order valence-corrected chi connectivity index (χ1v) is 7.60. The molecule has 0 fully saturated rings. The molecule has 0 atom stereocenters. The van der Waals surface area contributed by atoms with E-state index in [2.05, 4.69) is 17.5 Å². The minimum Gasteiger partial charge on any atom is -0.495 e. The lowest BCUT2D eigenvalue weighted by atomic mass is 9.97. The van der Waals surface area contributed by atoms with E-state index in [1.807, 2.05) is 12.1 Å². The maximum absolute atomic E-state index is 5.91. The number of hydrogen-bond acceptors (Lipinski definition) is 3. The van der Waals surface area contributed by atoms with E-state index in [4.69, 9.17) is 10.5 Å². The standard InChI is InChI=1S/C17H26N2O/c1-20-17-8-7-15(13-16(17)18)10-12-19-11-9-14-5-3-2-4-6-14/h5,7-8,13,19H,2-4,6,9-12,18H2,1H3. The Labute approximate surface area is 122 Å². The highest BCUT2D eigenvalue weighted by atomic mass is 16.5. The van der Waals surface area contributed by atoms with Gasteiger partial charge in [-0.25, -0.2) is 0 Å². The first kappa shape index (κ1) is 14.9. The number of methoxy groups -OCH3 is 1. The summed E-state index contributed by atoms with van der Waals surface area (Å²) < 4.78 is 5.16. The largest absolute Gasteiger partial charge is 0.495 e. The summed E-state index contributed by atoms with van der Waals surface area (Å²) in [7, 11) is 1.65. The molecule has 3 heteroatoms. The van der Waals surface area contributed by atoms with Crippen LogP contribution in [0, 0.1) is 0 Å². The van der Waals surface area contributed by atoms with Gasteiger partial charge in [0.15, 0.2) is 0 Å². The summed E-state index contributed by atoms with van der Waals surface area (Å²) in [5.74, 6) is 0.756. The molecule has 0 aromatic heterocycles. The maximum atomic E-state index is 5.91. The first-order valence-electron chi connectivity index (χ1n) is 7.60. The van der Waals surface area contributed by atoms with E-state index in [1.165, 1.54) is 37.7 Å². The van der Waals surface area contributed by atoms with Crippen LogP contribution in [0.2, 0.25) is 0 Å². The summed E-state index contributed by atoms with van der Waals surface area (Å²) in [6.07, 6.45) is 9.96. The molecule has 1 aliphatic rings. The van der Waals surface area contributed by atoms with Crippen molar-refractivity contribution in [3.8, 4) is 5.75 Å². The molecule has 2 rings (SSSR count). The van der Waals surface area contributed by atoms with E-state index >= 15 is 0 Å². The van der Waals surface area contributed by atoms with Crippen molar-refractivity contribution in [1.82, 2.24) is 5.32 Å². The number of benzene rings is 1. The third-order valence-corrected chi connectivity index (χ3v) is 3.89. The first-order chi connectivity index (χ1) is 9.79. The van der Waals surface area contributed by atoms with Crippen molar-refractivity contribution in [1.29, 1.82) is 0 Å². The fourth-order valence-electron chi connectivity index (χ4n) is 2.68. The molecular weight excluding hydrogens is 248 g/mol. The number of nitrogens with two attached hydrogens (primary N) is 1. The van der Waals surface area contributed by atoms with Crippen LogP contribution in [0.1, 0.15) is 37.7 Å². The Bertz CT molecular complexity index is 454. The van der Waals surface area contributed by atoms with Gasteiger partial charge in [0.05, 0.1) is 12.8 Å². The Hall–Kier alpha value is -1.48. The summed E-state index contributed by atoms with van der Waals surface area (Å²) >= 11 is 0. The van der Waals surface area contributed by atoms with E-state index in [-0.39, 0.29) is 0 Å². The van der Waals surface area contributed by atoms with Gasteiger partial charge >= 0.3 is 0 Å². The van der Waals surface area contributed by atoms with Gasteiger partial charge in [0.2, 0.25) is 0 Å². The summed E-state index contributed by atoms with van der Waals surface area (Å²) in [5.41, 5.74) is 9.52. The van der Waals surface area contributed by atoms with Crippen LogP contribution in [-0.4, -0.2) is 20.2 Å². The number of rotatable bonds is 7. The fourth-order valence-corrected chi connectivity index (χ4v) is 2.68. The van der Waals surface area contributed by atoms with E-state index in [9.17, 15) is 0 Å². The van der Waals surface area contributed by atoms with Gasteiger partial charge in [-0.15, -0.1) is 0 Å². The zero-order valence-corrected chi connectivity index (χ0v) is 12.5. The quantitative estimate of drug-likeness (QED) is 0.455. The molecule has 1 aromatic carbocycles. The third-order valence-electron chi connectivity index (χ3n) is 3.89. The maximum Gasteiger partial charge on any atom is 0.141 e. The van der Waals surface area contributed by atoms with E-state index in [0.717, 1.165) is 30.9 Å². The van der Waals surface area contributed by atoms with Gasteiger partial charge in [-0.1, -0.05) is 17.7 Å². The van der Waals surface area contributed by atoms with Crippen molar-refractivity contribution in [2.45, 2.75) is 38.5 Å². The SMILES string of the molecule is COc1ccc(CCNCCC2=CCCCC2)cc1N. The molecule has 0 amide bonds. The smallest absolute Gasteiger partial charge is 0.141 e. The Morgan fingerprint density at radius 3 is 2.75 bits per heavy atom. The monoisotopic (exact) mass is 274 g/mol. The lowest BCUT2D eigenvalue weighted by molar-refractivity contribution is 0.417. The van der Waals surface area contributed by atoms with Gasteiger partial charge < -0.3 is 15.8 Å². The number of nitrogen functional groups attached to an aromatic ring is 1. The fraction of sp³-hybridized carbons (Fsp3) is 0.529. The normalized spacial score (nSPS) is 14.9. The van der Waals surface area contributed by atoms with Gasteiger partial charge in [-0.05, 0) is 69.3 Å². The molecule has 1 aromatic rings. The molecule has 1 aliphatic carbocycles. The van der Waals surface area contributed by atoms with Gasteiger partial charge in [0.25, 0.3) is 0 Å². The Morgan fingerprint density at radius 2 is 2.05 bits per heavy atom. The number of allylic oxidation sites excluding steroid dienone is 1. The molecule has 3 N–H and O–H groups in total. The number of nitrogens with one attached hydrogen (secondary N) is 1. The summed E-state index contributed by atoms with van der Waals surface area (Å²) in [6, 6.07) is 6.03. The van der Waals surface area contributed by atoms with Crippen molar-refractivity contribution in [3.05, 3.63) is 35.4 Å². The molecule has 0 saturated heterocycles. The molecule has 110 valence electrons. The van der Waals surface area contributed by atoms with E-state index < -0.39 is 0 Å². The summed E-state index contributed by atoms with van der Waals surface area (Å²) in [5, 5.41) is 3.52. The topological polar surface area (TPSA) is 47.3 Å². The highest BCUT2D eigenvalue weighted by Gasteiger charge is 2.03. The molecule has 0 saturated carbocycles. The average Bonchev–Trinajstić information content (AvgIpc) is 2.48. The van der Waals surface area contributed by atoms with Crippen LogP contribution in [0.3, 0.4) is 0 Å². The van der Waals surface area contributed by atoms with Crippen LogP contribution in [0.15, 0.2) is 29.8 Å². The zero-order valence-electron chi connectivity index (χ0n) is 12.5. The van der Waals surface area contributed by atoms with Crippen molar-refractivity contribution < 1.29 is 4.74 Å². The average molecular weight is 274 g/mol. The van der Waals surface area contributed by atoms with Gasteiger partial charge in [-0.2, -0.15) is 0 Å². The van der Waals surface area contributed by atoms with Crippen LogP contribution in [0.25, 0.3) is 0 Å². The number of ether oxygens (including phenoxy) is 1. The van der Waals surface area contributed by atoms with Crippen LogP contribution in [0.5, 0.6) is 5.75 Å². The van der Waals surface area contributed by atoms with E-state index in [1.54, 1.807) is 12.7 Å². The predicted octanol–water partition coefficient (Wildman–Crippen LogP) is 3.30. The van der Waals surface area contributed by atoms with Crippen LogP contribution >= 0.6 is 0 Å². The Morgan fingerprint density at radius 1 is 1.20 bits per heavy atom. The third kappa shape index (κ3) is 4.57. The summed E-state index contributed by atoms with van der Waals surface area (Å²) in [6.45, 7) is 2.08. The zero-order chi connectivity index (χ0) is 14.2. The minimum atomic E-state index is 0.720. The molecule has 0 unspecified atom stereocenters. The summed E-state index contributed by atoms with van der Waals surface area (Å²) in [4.78, 5) is 0. The minimum absolute atomic E-state index is 0.720. The molecular formula is C17H26N2O. The molecule has 0 aliphatic heterocycles. The molecule has 0 bridgehead atoms. The highest BCUT2D eigenvalue weighted by Crippen LogP contribution is 2.22. The molecule has 0 radical (unpaired) electrons. The number of anilines is 1. The Kier molecular flexibility index (Phi) is 5.93. The molecule has 0 heterocycles. The molecule has 0 spiro atoms. The van der Waals surface area contributed by atoms with E-state index in [0.29, 0.717) is 0 Å². The van der Waals surface area contributed by atoms with Crippen LogP contribution in [0.4, 0.5) is 5.69 Å². The predicted molar refractivity (Wildman–Crippen MR) is 85.1 cm³/mol. The second-order valence-corrected chi connectivity index (χ2v) is 5.43.